The van der Waals surface area contributed by atoms with E-state index in [1.165, 1.54) is 0 Å². The van der Waals surface area contributed by atoms with Crippen molar-refractivity contribution < 1.29 is 38.9 Å². The van der Waals surface area contributed by atoms with Crippen LogP contribution >= 0.6 is 0 Å². The molecule has 2 saturated heterocycles. The maximum absolute atomic E-state index is 14.2. The SMILES string of the molecule is C=C1C(=O)OC2C1CCC(=C)C1CC(=O)C3(CCC4(O)CC(O)C5C(=C)C(=O)OC5C5C(=C)C(=O)C3=C54)C12. The largest absolute Gasteiger partial charge is 0.458 e. The van der Waals surface area contributed by atoms with E-state index >= 15 is 0 Å². The van der Waals surface area contributed by atoms with E-state index in [0.717, 1.165) is 5.57 Å². The lowest BCUT2D eigenvalue weighted by Gasteiger charge is -2.47. The fourth-order valence-electron chi connectivity index (χ4n) is 9.14. The number of hydrogen-bond acceptors (Lipinski definition) is 8. The standard InChI is InChI=1S/C30H30O8/c1-11-5-6-15-12(2)27(34)37-25(15)21-16(11)9-18(32)30(21)8-7-29(36)10-17(31)19-14(4)28(35)38-26(19)20-13(3)24(33)23(30)22(20)29/h15-17,19-21,25-26,31,36H,1-10H2. The van der Waals surface area contributed by atoms with Crippen molar-refractivity contribution in [3.8, 4) is 0 Å². The highest BCUT2D eigenvalue weighted by Crippen LogP contribution is 2.68. The van der Waals surface area contributed by atoms with Gasteiger partial charge in [-0.2, -0.15) is 0 Å². The van der Waals surface area contributed by atoms with Crippen LogP contribution in [0, 0.1) is 35.0 Å². The molecule has 10 unspecified atom stereocenters. The Hall–Kier alpha value is -3.10. The maximum Gasteiger partial charge on any atom is 0.334 e. The van der Waals surface area contributed by atoms with Crippen molar-refractivity contribution >= 4 is 23.5 Å². The lowest BCUT2D eigenvalue weighted by molar-refractivity contribution is -0.146. The second-order valence-electron chi connectivity index (χ2n) is 12.3. The molecule has 2 N–H and O–H groups in total. The van der Waals surface area contributed by atoms with E-state index < -0.39 is 64.8 Å². The molecular weight excluding hydrogens is 488 g/mol. The number of fused-ring (bicyclic) bond motifs is 7. The van der Waals surface area contributed by atoms with Crippen molar-refractivity contribution in [3.63, 3.8) is 0 Å². The van der Waals surface area contributed by atoms with Crippen molar-refractivity contribution in [3.05, 3.63) is 59.8 Å². The van der Waals surface area contributed by atoms with Gasteiger partial charge < -0.3 is 19.7 Å². The summed E-state index contributed by atoms with van der Waals surface area (Å²) in [6, 6.07) is 0. The molecule has 8 heteroatoms. The predicted molar refractivity (Wildman–Crippen MR) is 132 cm³/mol. The van der Waals surface area contributed by atoms with Gasteiger partial charge in [-0.1, -0.05) is 31.9 Å². The van der Waals surface area contributed by atoms with Crippen LogP contribution in [0.3, 0.4) is 0 Å². The number of ether oxygens (including phenoxy) is 2. The zero-order valence-corrected chi connectivity index (χ0v) is 21.0. The topological polar surface area (TPSA) is 127 Å². The Morgan fingerprint density at radius 3 is 2.29 bits per heavy atom. The quantitative estimate of drug-likeness (QED) is 0.284. The highest BCUT2D eigenvalue weighted by atomic mass is 16.6. The van der Waals surface area contributed by atoms with E-state index in [9.17, 15) is 29.4 Å². The van der Waals surface area contributed by atoms with Gasteiger partial charge in [0.1, 0.15) is 18.0 Å². The normalized spacial score (nSPS) is 47.5. The minimum Gasteiger partial charge on any atom is -0.458 e. The van der Waals surface area contributed by atoms with Crippen LogP contribution in [-0.4, -0.2) is 57.6 Å². The summed E-state index contributed by atoms with van der Waals surface area (Å²) < 4.78 is 11.5. The molecule has 2 aliphatic heterocycles. The van der Waals surface area contributed by atoms with Crippen LogP contribution < -0.4 is 0 Å². The fraction of sp³-hybridized carbons (Fsp3) is 0.533. The highest BCUT2D eigenvalue weighted by Gasteiger charge is 2.71. The third kappa shape index (κ3) is 2.58. The molecule has 7 aliphatic rings. The summed E-state index contributed by atoms with van der Waals surface area (Å²) >= 11 is 0. The second kappa shape index (κ2) is 7.30. The fourth-order valence-corrected chi connectivity index (χ4v) is 9.14. The summed E-state index contributed by atoms with van der Waals surface area (Å²) in [7, 11) is 0. The number of carbonyl (C=O) groups is 4. The molecule has 5 fully saturated rings. The Morgan fingerprint density at radius 1 is 0.868 bits per heavy atom. The monoisotopic (exact) mass is 518 g/mol. The van der Waals surface area contributed by atoms with Crippen LogP contribution in [0.1, 0.15) is 38.5 Å². The number of aliphatic hydroxyl groups is 2. The average Bonchev–Trinajstić information content (AvgIpc) is 3.46. The Morgan fingerprint density at radius 2 is 1.55 bits per heavy atom. The molecule has 8 nitrogen and oxygen atoms in total. The summed E-state index contributed by atoms with van der Waals surface area (Å²) in [4.78, 5) is 53.5. The number of ketones is 2. The van der Waals surface area contributed by atoms with Gasteiger partial charge in [0.05, 0.1) is 23.0 Å². The van der Waals surface area contributed by atoms with Gasteiger partial charge in [-0.05, 0) is 37.2 Å². The van der Waals surface area contributed by atoms with E-state index in [1.54, 1.807) is 0 Å². The minimum atomic E-state index is -1.59. The third-order valence-corrected chi connectivity index (χ3v) is 10.8. The van der Waals surface area contributed by atoms with Gasteiger partial charge in [0, 0.05) is 52.9 Å². The number of hydrogen-bond donors (Lipinski definition) is 2. The van der Waals surface area contributed by atoms with Crippen molar-refractivity contribution in [2.45, 2.75) is 62.4 Å². The van der Waals surface area contributed by atoms with Crippen LogP contribution in [-0.2, 0) is 28.7 Å². The third-order valence-electron chi connectivity index (χ3n) is 10.8. The lowest BCUT2D eigenvalue weighted by atomic mass is 9.56. The second-order valence-corrected chi connectivity index (χ2v) is 12.3. The van der Waals surface area contributed by atoms with Crippen LogP contribution in [0.5, 0.6) is 0 Å². The van der Waals surface area contributed by atoms with Gasteiger partial charge in [-0.25, -0.2) is 9.59 Å². The molecule has 3 saturated carbocycles. The Labute approximate surface area is 219 Å². The van der Waals surface area contributed by atoms with Crippen LogP contribution in [0.15, 0.2) is 59.8 Å². The summed E-state index contributed by atoms with van der Waals surface area (Å²) in [6.45, 7) is 16.1. The molecule has 1 spiro atoms. The lowest BCUT2D eigenvalue weighted by Crippen LogP contribution is -2.51. The minimum absolute atomic E-state index is 0.102. The molecule has 0 aromatic rings. The summed E-state index contributed by atoms with van der Waals surface area (Å²) in [6.07, 6.45) is -1.16. The first-order valence-corrected chi connectivity index (χ1v) is 13.3. The molecule has 0 aromatic carbocycles. The van der Waals surface area contributed by atoms with Crippen molar-refractivity contribution in [2.75, 3.05) is 0 Å². The van der Waals surface area contributed by atoms with Gasteiger partial charge in [-0.3, -0.25) is 9.59 Å². The number of rotatable bonds is 0. The predicted octanol–water partition coefficient (Wildman–Crippen LogP) is 2.06. The number of aliphatic hydroxyl groups excluding tert-OH is 1. The molecule has 5 aliphatic carbocycles. The molecule has 198 valence electrons. The zero-order chi connectivity index (χ0) is 27.0. The molecule has 0 aromatic heterocycles. The Kier molecular flexibility index (Phi) is 4.61. The van der Waals surface area contributed by atoms with Gasteiger partial charge >= 0.3 is 11.9 Å². The molecular formula is C30H30O8. The van der Waals surface area contributed by atoms with Crippen molar-refractivity contribution in [2.24, 2.45) is 35.0 Å². The molecule has 10 atom stereocenters. The first-order chi connectivity index (χ1) is 17.9. The van der Waals surface area contributed by atoms with Gasteiger partial charge in [0.15, 0.2) is 5.78 Å². The van der Waals surface area contributed by atoms with E-state index in [-0.39, 0.29) is 60.0 Å². The van der Waals surface area contributed by atoms with E-state index in [4.69, 9.17) is 9.47 Å². The molecule has 2 heterocycles. The molecule has 0 amide bonds. The first-order valence-electron chi connectivity index (χ1n) is 13.3. The van der Waals surface area contributed by atoms with Crippen LogP contribution in [0.4, 0.5) is 0 Å². The Balaban J connectivity index is 1.48. The molecule has 7 rings (SSSR count). The van der Waals surface area contributed by atoms with Crippen LogP contribution in [0.2, 0.25) is 0 Å². The van der Waals surface area contributed by atoms with Crippen molar-refractivity contribution in [1.82, 2.24) is 0 Å². The zero-order valence-electron chi connectivity index (χ0n) is 21.0. The molecule has 38 heavy (non-hydrogen) atoms. The molecule has 0 radical (unpaired) electrons. The summed E-state index contributed by atoms with van der Waals surface area (Å²) in [5.74, 6) is -4.50. The number of esters is 2. The molecule has 0 bridgehead atoms. The first kappa shape index (κ1) is 24.0. The summed E-state index contributed by atoms with van der Waals surface area (Å²) in [5, 5.41) is 23.2. The van der Waals surface area contributed by atoms with E-state index in [0.29, 0.717) is 24.0 Å². The summed E-state index contributed by atoms with van der Waals surface area (Å²) in [5.41, 5.74) is -0.875. The number of Topliss-reactive ketones (excluding diaryl/α,β-unsaturated/α-hetero) is 2. The van der Waals surface area contributed by atoms with Crippen molar-refractivity contribution in [1.29, 1.82) is 0 Å². The highest BCUT2D eigenvalue weighted by molar-refractivity contribution is 6.18. The van der Waals surface area contributed by atoms with Crippen LogP contribution in [0.25, 0.3) is 0 Å². The van der Waals surface area contributed by atoms with E-state index in [1.807, 2.05) is 0 Å². The smallest absolute Gasteiger partial charge is 0.334 e. The number of allylic oxidation sites excluding steroid dienone is 2. The maximum atomic E-state index is 14.2. The van der Waals surface area contributed by atoms with Gasteiger partial charge in [0.2, 0.25) is 0 Å². The van der Waals surface area contributed by atoms with Gasteiger partial charge in [0.25, 0.3) is 0 Å². The Bertz CT molecular complexity index is 1370. The van der Waals surface area contributed by atoms with E-state index in [2.05, 4.69) is 26.3 Å². The average molecular weight is 519 g/mol. The number of carbonyl (C=O) groups excluding carboxylic acids is 4. The van der Waals surface area contributed by atoms with Gasteiger partial charge in [-0.15, -0.1) is 0 Å².